The van der Waals surface area contributed by atoms with E-state index in [1.807, 2.05) is 30.5 Å². The SMILES string of the molecule is CCn1cnnc1[C@@H](C)NC(=O)CCc1ccncc1. The Morgan fingerprint density at radius 3 is 2.85 bits per heavy atom. The van der Waals surface area contributed by atoms with Crippen molar-refractivity contribution in [2.45, 2.75) is 39.3 Å². The molecule has 0 saturated carbocycles. The molecule has 0 aliphatic carbocycles. The molecule has 2 aromatic heterocycles. The summed E-state index contributed by atoms with van der Waals surface area (Å²) in [5.74, 6) is 0.796. The van der Waals surface area contributed by atoms with Gasteiger partial charge in [0.15, 0.2) is 5.82 Å². The van der Waals surface area contributed by atoms with E-state index in [0.29, 0.717) is 12.8 Å². The van der Waals surface area contributed by atoms with Gasteiger partial charge in [-0.1, -0.05) is 0 Å². The van der Waals surface area contributed by atoms with Crippen LogP contribution in [0.25, 0.3) is 0 Å². The van der Waals surface area contributed by atoms with Gasteiger partial charge in [0.1, 0.15) is 6.33 Å². The number of rotatable bonds is 6. The lowest BCUT2D eigenvalue weighted by Crippen LogP contribution is -2.28. The van der Waals surface area contributed by atoms with Crippen molar-refractivity contribution in [1.82, 2.24) is 25.1 Å². The third-order valence-electron chi connectivity index (χ3n) is 3.14. The Morgan fingerprint density at radius 1 is 1.40 bits per heavy atom. The van der Waals surface area contributed by atoms with Crippen molar-refractivity contribution < 1.29 is 4.79 Å². The Hall–Kier alpha value is -2.24. The average Bonchev–Trinajstić information content (AvgIpc) is 2.95. The number of aromatic nitrogens is 4. The van der Waals surface area contributed by atoms with Crippen LogP contribution in [0.5, 0.6) is 0 Å². The molecule has 6 nitrogen and oxygen atoms in total. The van der Waals surface area contributed by atoms with Gasteiger partial charge in [0.05, 0.1) is 6.04 Å². The van der Waals surface area contributed by atoms with Gasteiger partial charge < -0.3 is 9.88 Å². The first-order chi connectivity index (χ1) is 9.70. The van der Waals surface area contributed by atoms with E-state index in [9.17, 15) is 4.79 Å². The molecule has 0 unspecified atom stereocenters. The molecule has 20 heavy (non-hydrogen) atoms. The van der Waals surface area contributed by atoms with Crippen LogP contribution in [0.1, 0.15) is 37.7 Å². The van der Waals surface area contributed by atoms with Gasteiger partial charge >= 0.3 is 0 Å². The summed E-state index contributed by atoms with van der Waals surface area (Å²) in [6.07, 6.45) is 6.31. The van der Waals surface area contributed by atoms with E-state index in [-0.39, 0.29) is 11.9 Å². The van der Waals surface area contributed by atoms with Crippen LogP contribution in [0.3, 0.4) is 0 Å². The maximum Gasteiger partial charge on any atom is 0.220 e. The van der Waals surface area contributed by atoms with Crippen LogP contribution < -0.4 is 5.32 Å². The number of nitrogens with one attached hydrogen (secondary N) is 1. The first-order valence-corrected chi connectivity index (χ1v) is 6.76. The molecule has 1 amide bonds. The topological polar surface area (TPSA) is 72.7 Å². The summed E-state index contributed by atoms with van der Waals surface area (Å²) in [4.78, 5) is 15.9. The highest BCUT2D eigenvalue weighted by Gasteiger charge is 2.14. The second-order valence-electron chi connectivity index (χ2n) is 4.62. The fourth-order valence-electron chi connectivity index (χ4n) is 2.03. The zero-order valence-corrected chi connectivity index (χ0v) is 11.8. The van der Waals surface area contributed by atoms with E-state index in [1.165, 1.54) is 0 Å². The minimum absolute atomic E-state index is 0.0139. The second kappa shape index (κ2) is 6.79. The minimum Gasteiger partial charge on any atom is -0.346 e. The largest absolute Gasteiger partial charge is 0.346 e. The van der Waals surface area contributed by atoms with Crippen molar-refractivity contribution in [3.63, 3.8) is 0 Å². The molecule has 1 N–H and O–H groups in total. The van der Waals surface area contributed by atoms with E-state index in [1.54, 1.807) is 18.7 Å². The lowest BCUT2D eigenvalue weighted by atomic mass is 10.1. The number of amides is 1. The summed E-state index contributed by atoms with van der Waals surface area (Å²) in [6.45, 7) is 4.73. The lowest BCUT2D eigenvalue weighted by Gasteiger charge is -2.14. The molecule has 0 saturated heterocycles. The van der Waals surface area contributed by atoms with E-state index >= 15 is 0 Å². The van der Waals surface area contributed by atoms with Gasteiger partial charge in [0, 0.05) is 25.4 Å². The molecule has 0 radical (unpaired) electrons. The summed E-state index contributed by atoms with van der Waals surface area (Å²) in [5, 5.41) is 10.9. The highest BCUT2D eigenvalue weighted by atomic mass is 16.1. The number of hydrogen-bond acceptors (Lipinski definition) is 4. The maximum absolute atomic E-state index is 11.9. The molecule has 0 bridgehead atoms. The molecule has 2 rings (SSSR count). The zero-order valence-electron chi connectivity index (χ0n) is 11.8. The molecule has 0 aliphatic rings. The molecule has 0 fully saturated rings. The quantitative estimate of drug-likeness (QED) is 0.865. The summed E-state index contributed by atoms with van der Waals surface area (Å²) >= 11 is 0. The highest BCUT2D eigenvalue weighted by Crippen LogP contribution is 2.09. The van der Waals surface area contributed by atoms with Gasteiger partial charge in [0.2, 0.25) is 5.91 Å². The second-order valence-corrected chi connectivity index (χ2v) is 4.62. The van der Waals surface area contributed by atoms with Crippen molar-refractivity contribution in [1.29, 1.82) is 0 Å². The summed E-state index contributed by atoms with van der Waals surface area (Å²) in [6, 6.07) is 3.71. The van der Waals surface area contributed by atoms with Crippen molar-refractivity contribution in [2.24, 2.45) is 0 Å². The van der Waals surface area contributed by atoms with Crippen LogP contribution in [0.15, 0.2) is 30.9 Å². The molecule has 2 aromatic rings. The standard InChI is InChI=1S/C14H19N5O/c1-3-19-10-16-18-14(19)11(2)17-13(20)5-4-12-6-8-15-9-7-12/h6-11H,3-5H2,1-2H3,(H,17,20)/t11-/m1/s1. The first-order valence-electron chi connectivity index (χ1n) is 6.76. The van der Waals surface area contributed by atoms with Crippen LogP contribution in [0.2, 0.25) is 0 Å². The van der Waals surface area contributed by atoms with Gasteiger partial charge in [-0.05, 0) is 38.0 Å². The average molecular weight is 273 g/mol. The number of carbonyl (C=O) groups is 1. The summed E-state index contributed by atoms with van der Waals surface area (Å²) in [7, 11) is 0. The Morgan fingerprint density at radius 2 is 2.15 bits per heavy atom. The lowest BCUT2D eigenvalue weighted by molar-refractivity contribution is -0.121. The van der Waals surface area contributed by atoms with E-state index in [4.69, 9.17) is 0 Å². The normalized spacial score (nSPS) is 12.1. The number of aryl methyl sites for hydroxylation is 2. The van der Waals surface area contributed by atoms with Gasteiger partial charge in [0.25, 0.3) is 0 Å². The number of nitrogens with zero attached hydrogens (tertiary/aromatic N) is 4. The monoisotopic (exact) mass is 273 g/mol. The van der Waals surface area contributed by atoms with E-state index < -0.39 is 0 Å². The Balaban J connectivity index is 1.85. The van der Waals surface area contributed by atoms with Crippen molar-refractivity contribution in [3.05, 3.63) is 42.2 Å². The Bertz CT molecular complexity index is 552. The molecular weight excluding hydrogens is 254 g/mol. The molecule has 0 aliphatic heterocycles. The summed E-state index contributed by atoms with van der Waals surface area (Å²) in [5.41, 5.74) is 1.11. The number of carbonyl (C=O) groups excluding carboxylic acids is 1. The molecule has 2 heterocycles. The van der Waals surface area contributed by atoms with Crippen LogP contribution in [0, 0.1) is 0 Å². The minimum atomic E-state index is -0.137. The Labute approximate surface area is 118 Å². The predicted molar refractivity (Wildman–Crippen MR) is 74.8 cm³/mol. The molecule has 0 aromatic carbocycles. The van der Waals surface area contributed by atoms with Crippen LogP contribution >= 0.6 is 0 Å². The number of pyridine rings is 1. The van der Waals surface area contributed by atoms with Crippen molar-refractivity contribution in [2.75, 3.05) is 0 Å². The highest BCUT2D eigenvalue weighted by molar-refractivity contribution is 5.76. The van der Waals surface area contributed by atoms with Gasteiger partial charge in [-0.2, -0.15) is 0 Å². The molecular formula is C14H19N5O. The smallest absolute Gasteiger partial charge is 0.220 e. The third kappa shape index (κ3) is 3.63. The molecule has 0 spiro atoms. The fourth-order valence-corrected chi connectivity index (χ4v) is 2.03. The molecule has 6 heteroatoms. The van der Waals surface area contributed by atoms with Gasteiger partial charge in [-0.3, -0.25) is 9.78 Å². The van der Waals surface area contributed by atoms with Crippen molar-refractivity contribution in [3.8, 4) is 0 Å². The summed E-state index contributed by atoms with van der Waals surface area (Å²) < 4.78 is 1.92. The zero-order chi connectivity index (χ0) is 14.4. The Kier molecular flexibility index (Phi) is 4.81. The predicted octanol–water partition coefficient (Wildman–Crippen LogP) is 1.50. The van der Waals surface area contributed by atoms with Crippen LogP contribution in [0.4, 0.5) is 0 Å². The van der Waals surface area contributed by atoms with E-state index in [0.717, 1.165) is 17.9 Å². The fraction of sp³-hybridized carbons (Fsp3) is 0.429. The van der Waals surface area contributed by atoms with Crippen LogP contribution in [-0.2, 0) is 17.8 Å². The van der Waals surface area contributed by atoms with Crippen molar-refractivity contribution >= 4 is 5.91 Å². The molecule has 1 atom stereocenters. The first kappa shape index (κ1) is 14.2. The number of hydrogen-bond donors (Lipinski definition) is 1. The van der Waals surface area contributed by atoms with Gasteiger partial charge in [-0.15, -0.1) is 10.2 Å². The van der Waals surface area contributed by atoms with Crippen LogP contribution in [-0.4, -0.2) is 25.7 Å². The van der Waals surface area contributed by atoms with Gasteiger partial charge in [-0.25, -0.2) is 0 Å². The third-order valence-corrected chi connectivity index (χ3v) is 3.14. The maximum atomic E-state index is 11.9. The molecule has 106 valence electrons. The van der Waals surface area contributed by atoms with E-state index in [2.05, 4.69) is 20.5 Å².